The van der Waals surface area contributed by atoms with Crippen LogP contribution in [0.3, 0.4) is 0 Å². The molecule has 0 amide bonds. The highest BCUT2D eigenvalue weighted by Gasteiger charge is 2.17. The van der Waals surface area contributed by atoms with Gasteiger partial charge >= 0.3 is 0 Å². The number of halogens is 1. The molecule has 0 aromatic heterocycles. The highest BCUT2D eigenvalue weighted by Crippen LogP contribution is 2.31. The van der Waals surface area contributed by atoms with Crippen LogP contribution in [0.5, 0.6) is 5.75 Å². The fraction of sp³-hybridized carbons (Fsp3) is 0.625. The number of ether oxygens (including phenoxy) is 1. The Bertz CT molecular complexity index is 419. The third-order valence-corrected chi connectivity index (χ3v) is 3.97. The van der Waals surface area contributed by atoms with Crippen molar-refractivity contribution in [3.05, 3.63) is 28.8 Å². The molecule has 1 atom stereocenters. The number of hydrogen-bond acceptors (Lipinski definition) is 2. The Morgan fingerprint density at radius 2 is 2.16 bits per heavy atom. The third kappa shape index (κ3) is 4.12. The first-order chi connectivity index (χ1) is 8.97. The van der Waals surface area contributed by atoms with E-state index >= 15 is 0 Å². The summed E-state index contributed by atoms with van der Waals surface area (Å²) in [5.41, 5.74) is 1.36. The molecule has 1 saturated heterocycles. The van der Waals surface area contributed by atoms with Crippen LogP contribution in [0.25, 0.3) is 0 Å². The van der Waals surface area contributed by atoms with Gasteiger partial charge in [-0.2, -0.15) is 0 Å². The highest BCUT2D eigenvalue weighted by atomic mass is 35.5. The van der Waals surface area contributed by atoms with Crippen molar-refractivity contribution in [1.29, 1.82) is 0 Å². The fourth-order valence-electron chi connectivity index (χ4n) is 2.36. The van der Waals surface area contributed by atoms with Crippen LogP contribution >= 0.6 is 11.6 Å². The summed E-state index contributed by atoms with van der Waals surface area (Å²) in [6.45, 7) is 9.50. The minimum atomic E-state index is 0.120. The van der Waals surface area contributed by atoms with Crippen molar-refractivity contribution in [2.24, 2.45) is 5.92 Å². The zero-order valence-electron chi connectivity index (χ0n) is 12.1. The Hall–Kier alpha value is -0.730. The van der Waals surface area contributed by atoms with Gasteiger partial charge in [0.15, 0.2) is 0 Å². The second-order valence-electron chi connectivity index (χ2n) is 6.42. The summed E-state index contributed by atoms with van der Waals surface area (Å²) in [5, 5.41) is 4.12. The van der Waals surface area contributed by atoms with Crippen molar-refractivity contribution in [3.63, 3.8) is 0 Å². The van der Waals surface area contributed by atoms with Crippen molar-refractivity contribution in [2.75, 3.05) is 19.7 Å². The maximum absolute atomic E-state index is 6.31. The number of benzene rings is 1. The van der Waals surface area contributed by atoms with Crippen LogP contribution in [0.15, 0.2) is 18.2 Å². The summed E-state index contributed by atoms with van der Waals surface area (Å²) in [7, 11) is 0. The molecule has 1 aromatic carbocycles. The number of nitrogens with one attached hydrogen (secondary N) is 1. The molecule has 1 fully saturated rings. The minimum Gasteiger partial charge on any atom is -0.492 e. The SMILES string of the molecule is CC(C)(C)c1ccc(OC[C@@H]2CCCNC2)c(Cl)c1. The second kappa shape index (κ2) is 6.15. The molecule has 0 radical (unpaired) electrons. The quantitative estimate of drug-likeness (QED) is 0.904. The van der Waals surface area contributed by atoms with Gasteiger partial charge in [0, 0.05) is 12.5 Å². The first kappa shape index (κ1) is 14.7. The molecule has 2 rings (SSSR count). The molecule has 19 heavy (non-hydrogen) atoms. The summed E-state index contributed by atoms with van der Waals surface area (Å²) >= 11 is 6.31. The van der Waals surface area contributed by atoms with Gasteiger partial charge in [-0.3, -0.25) is 0 Å². The molecule has 0 aliphatic carbocycles. The lowest BCUT2D eigenvalue weighted by molar-refractivity contribution is 0.218. The molecule has 106 valence electrons. The summed E-state index contributed by atoms with van der Waals surface area (Å²) < 4.78 is 5.87. The molecule has 1 aliphatic rings. The van der Waals surface area contributed by atoms with Crippen molar-refractivity contribution in [2.45, 2.75) is 39.0 Å². The summed E-state index contributed by atoms with van der Waals surface area (Å²) in [6.07, 6.45) is 2.48. The molecule has 1 heterocycles. The lowest BCUT2D eigenvalue weighted by Crippen LogP contribution is -2.33. The van der Waals surface area contributed by atoms with E-state index in [-0.39, 0.29) is 5.41 Å². The van der Waals surface area contributed by atoms with E-state index in [4.69, 9.17) is 16.3 Å². The molecule has 1 aromatic rings. The Labute approximate surface area is 121 Å². The Morgan fingerprint density at radius 1 is 1.37 bits per heavy atom. The average molecular weight is 282 g/mol. The maximum atomic E-state index is 6.31. The largest absolute Gasteiger partial charge is 0.492 e. The number of hydrogen-bond donors (Lipinski definition) is 1. The Morgan fingerprint density at radius 3 is 2.74 bits per heavy atom. The van der Waals surface area contributed by atoms with Gasteiger partial charge in [-0.25, -0.2) is 0 Å². The van der Waals surface area contributed by atoms with Crippen LogP contribution in [0.4, 0.5) is 0 Å². The lowest BCUT2D eigenvalue weighted by Gasteiger charge is -2.24. The normalized spacial score (nSPS) is 20.3. The summed E-state index contributed by atoms with van der Waals surface area (Å²) in [6, 6.07) is 6.13. The Balaban J connectivity index is 1.97. The van der Waals surface area contributed by atoms with Crippen molar-refractivity contribution >= 4 is 11.6 Å². The zero-order chi connectivity index (χ0) is 13.9. The van der Waals surface area contributed by atoms with Gasteiger partial charge in [-0.15, -0.1) is 0 Å². The number of piperidine rings is 1. The zero-order valence-corrected chi connectivity index (χ0v) is 12.9. The molecule has 0 saturated carbocycles. The second-order valence-corrected chi connectivity index (χ2v) is 6.83. The van der Waals surface area contributed by atoms with Crippen LogP contribution in [0.1, 0.15) is 39.2 Å². The predicted octanol–water partition coefficient (Wildman–Crippen LogP) is 4.02. The first-order valence-corrected chi connectivity index (χ1v) is 7.48. The van der Waals surface area contributed by atoms with E-state index < -0.39 is 0 Å². The molecule has 3 heteroatoms. The van der Waals surface area contributed by atoms with Gasteiger partial charge in [0.1, 0.15) is 5.75 Å². The standard InChI is InChI=1S/C16H24ClNO/c1-16(2,3)13-6-7-15(14(17)9-13)19-11-12-5-4-8-18-10-12/h6-7,9,12,18H,4-5,8,10-11H2,1-3H3/t12-/m1/s1. The van der Waals surface area contributed by atoms with E-state index in [0.29, 0.717) is 5.92 Å². The maximum Gasteiger partial charge on any atom is 0.137 e. The molecule has 2 nitrogen and oxygen atoms in total. The van der Waals surface area contributed by atoms with Gasteiger partial charge in [0.25, 0.3) is 0 Å². The van der Waals surface area contributed by atoms with Gasteiger partial charge < -0.3 is 10.1 Å². The van der Waals surface area contributed by atoms with Crippen LogP contribution in [-0.4, -0.2) is 19.7 Å². The highest BCUT2D eigenvalue weighted by molar-refractivity contribution is 6.32. The van der Waals surface area contributed by atoms with Crippen molar-refractivity contribution in [1.82, 2.24) is 5.32 Å². The summed E-state index contributed by atoms with van der Waals surface area (Å²) in [4.78, 5) is 0. The Kier molecular flexibility index (Phi) is 4.75. The van der Waals surface area contributed by atoms with E-state index in [1.807, 2.05) is 12.1 Å². The molecule has 1 N–H and O–H groups in total. The molecule has 0 spiro atoms. The van der Waals surface area contributed by atoms with Gasteiger partial charge in [0.05, 0.1) is 11.6 Å². The first-order valence-electron chi connectivity index (χ1n) is 7.10. The predicted molar refractivity (Wildman–Crippen MR) is 81.2 cm³/mol. The molecular weight excluding hydrogens is 258 g/mol. The van der Waals surface area contributed by atoms with E-state index in [0.717, 1.165) is 30.5 Å². The summed E-state index contributed by atoms with van der Waals surface area (Å²) in [5.74, 6) is 1.41. The molecular formula is C16H24ClNO. The number of rotatable bonds is 3. The van der Waals surface area contributed by atoms with Crippen molar-refractivity contribution < 1.29 is 4.74 Å². The van der Waals surface area contributed by atoms with Crippen LogP contribution in [0.2, 0.25) is 5.02 Å². The fourth-order valence-corrected chi connectivity index (χ4v) is 2.59. The molecule has 1 aliphatic heterocycles. The monoisotopic (exact) mass is 281 g/mol. The van der Waals surface area contributed by atoms with Gasteiger partial charge in [-0.1, -0.05) is 38.4 Å². The van der Waals surface area contributed by atoms with Crippen molar-refractivity contribution in [3.8, 4) is 5.75 Å². The van der Waals surface area contributed by atoms with Crippen LogP contribution < -0.4 is 10.1 Å². The minimum absolute atomic E-state index is 0.120. The molecule has 0 bridgehead atoms. The lowest BCUT2D eigenvalue weighted by atomic mass is 9.87. The van der Waals surface area contributed by atoms with Crippen LogP contribution in [0, 0.1) is 5.92 Å². The molecule has 0 unspecified atom stereocenters. The van der Waals surface area contributed by atoms with E-state index in [2.05, 4.69) is 32.2 Å². The van der Waals surface area contributed by atoms with Crippen LogP contribution in [-0.2, 0) is 5.41 Å². The van der Waals surface area contributed by atoms with E-state index in [1.54, 1.807) is 0 Å². The van der Waals surface area contributed by atoms with E-state index in [9.17, 15) is 0 Å². The third-order valence-electron chi connectivity index (χ3n) is 3.67. The topological polar surface area (TPSA) is 21.3 Å². The van der Waals surface area contributed by atoms with E-state index in [1.165, 1.54) is 18.4 Å². The van der Waals surface area contributed by atoms with Gasteiger partial charge in [0.2, 0.25) is 0 Å². The average Bonchev–Trinajstić information content (AvgIpc) is 2.37. The smallest absolute Gasteiger partial charge is 0.137 e. The van der Waals surface area contributed by atoms with Gasteiger partial charge in [-0.05, 0) is 42.5 Å².